The smallest absolute Gasteiger partial charge is 0.228 e. The van der Waals surface area contributed by atoms with Gasteiger partial charge in [0.15, 0.2) is 5.75 Å². The molecule has 110 valence electrons. The Hall–Kier alpha value is -1.91. The number of phenols is 1. The molecule has 0 aliphatic heterocycles. The van der Waals surface area contributed by atoms with E-state index in [-0.39, 0.29) is 28.1 Å². The van der Waals surface area contributed by atoms with Gasteiger partial charge in [-0.25, -0.2) is 0 Å². The number of amides is 1. The number of phenolic OH excluding ortho intramolecular Hbond substituents is 1. The minimum absolute atomic E-state index is 0.0788. The lowest BCUT2D eigenvalue weighted by molar-refractivity contribution is -0.115. The molecule has 0 saturated carbocycles. The minimum Gasteiger partial charge on any atom is -0.505 e. The van der Waals surface area contributed by atoms with Crippen LogP contribution in [0.25, 0.3) is 0 Å². The van der Waals surface area contributed by atoms with Crippen LogP contribution in [0.2, 0.25) is 10.0 Å². The molecule has 0 aliphatic rings. The van der Waals surface area contributed by atoms with E-state index in [2.05, 4.69) is 5.32 Å². The summed E-state index contributed by atoms with van der Waals surface area (Å²) < 4.78 is 5.20. The van der Waals surface area contributed by atoms with Crippen LogP contribution in [0, 0.1) is 0 Å². The number of ether oxygens (including phenoxy) is 1. The zero-order chi connectivity index (χ0) is 15.4. The van der Waals surface area contributed by atoms with Crippen molar-refractivity contribution >= 4 is 34.8 Å². The van der Waals surface area contributed by atoms with E-state index in [4.69, 9.17) is 27.9 Å². The lowest BCUT2D eigenvalue weighted by Crippen LogP contribution is -2.14. The average molecular weight is 326 g/mol. The van der Waals surface area contributed by atoms with E-state index in [9.17, 15) is 9.90 Å². The summed E-state index contributed by atoms with van der Waals surface area (Å²) in [5.74, 6) is 0.202. The van der Waals surface area contributed by atoms with E-state index in [0.717, 1.165) is 5.56 Å². The van der Waals surface area contributed by atoms with E-state index < -0.39 is 0 Å². The summed E-state index contributed by atoms with van der Waals surface area (Å²) >= 11 is 11.6. The maximum atomic E-state index is 12.0. The van der Waals surface area contributed by atoms with Crippen LogP contribution in [-0.4, -0.2) is 18.1 Å². The molecule has 2 N–H and O–H groups in total. The molecule has 2 aromatic rings. The van der Waals surface area contributed by atoms with Crippen LogP contribution < -0.4 is 10.1 Å². The minimum atomic E-state index is -0.239. The van der Waals surface area contributed by atoms with E-state index in [1.807, 2.05) is 18.2 Å². The second kappa shape index (κ2) is 6.70. The van der Waals surface area contributed by atoms with Crippen molar-refractivity contribution in [2.24, 2.45) is 0 Å². The maximum absolute atomic E-state index is 12.0. The third-order valence-corrected chi connectivity index (χ3v) is 3.42. The molecule has 1 amide bonds. The summed E-state index contributed by atoms with van der Waals surface area (Å²) in [7, 11) is 1.55. The first-order valence-electron chi connectivity index (χ1n) is 6.11. The molecule has 0 unspecified atom stereocenters. The molecule has 4 nitrogen and oxygen atoms in total. The van der Waals surface area contributed by atoms with Crippen LogP contribution in [-0.2, 0) is 11.2 Å². The fraction of sp³-hybridized carbons (Fsp3) is 0.133. The van der Waals surface area contributed by atoms with Crippen molar-refractivity contribution in [2.75, 3.05) is 12.4 Å². The predicted molar refractivity (Wildman–Crippen MR) is 83.5 cm³/mol. The third kappa shape index (κ3) is 3.80. The van der Waals surface area contributed by atoms with Crippen molar-refractivity contribution < 1.29 is 14.6 Å². The molecular weight excluding hydrogens is 313 g/mol. The molecule has 0 spiro atoms. The number of aromatic hydroxyl groups is 1. The Morgan fingerprint density at radius 1 is 1.24 bits per heavy atom. The number of halogens is 2. The summed E-state index contributed by atoms with van der Waals surface area (Å²) in [6.45, 7) is 0. The number of methoxy groups -OCH3 is 1. The van der Waals surface area contributed by atoms with Gasteiger partial charge in [-0.05, 0) is 18.2 Å². The van der Waals surface area contributed by atoms with Crippen LogP contribution in [0.3, 0.4) is 0 Å². The molecule has 21 heavy (non-hydrogen) atoms. The summed E-state index contributed by atoms with van der Waals surface area (Å²) in [4.78, 5) is 12.0. The van der Waals surface area contributed by atoms with E-state index in [0.29, 0.717) is 11.4 Å². The van der Waals surface area contributed by atoms with Crippen molar-refractivity contribution in [1.29, 1.82) is 0 Å². The fourth-order valence-electron chi connectivity index (χ4n) is 1.86. The largest absolute Gasteiger partial charge is 0.505 e. The van der Waals surface area contributed by atoms with Crippen molar-refractivity contribution in [2.45, 2.75) is 6.42 Å². The lowest BCUT2D eigenvalue weighted by Gasteiger charge is -2.10. The fourth-order valence-corrected chi connectivity index (χ4v) is 2.35. The molecule has 0 aromatic heterocycles. The predicted octanol–water partition coefficient (Wildman–Crippen LogP) is 3.89. The molecule has 0 radical (unpaired) electrons. The van der Waals surface area contributed by atoms with Gasteiger partial charge in [0.25, 0.3) is 0 Å². The maximum Gasteiger partial charge on any atom is 0.228 e. The van der Waals surface area contributed by atoms with Gasteiger partial charge >= 0.3 is 0 Å². The molecule has 2 aromatic carbocycles. The van der Waals surface area contributed by atoms with Crippen LogP contribution in [0.5, 0.6) is 11.5 Å². The second-order valence-corrected chi connectivity index (χ2v) is 5.14. The number of anilines is 1. The Balaban J connectivity index is 2.12. The summed E-state index contributed by atoms with van der Waals surface area (Å²) in [6.07, 6.45) is 0.153. The first-order valence-corrected chi connectivity index (χ1v) is 6.86. The molecule has 0 saturated heterocycles. The highest BCUT2D eigenvalue weighted by molar-refractivity contribution is 6.37. The average Bonchev–Trinajstić information content (AvgIpc) is 2.45. The highest BCUT2D eigenvalue weighted by atomic mass is 35.5. The Bertz CT molecular complexity index is 651. The van der Waals surface area contributed by atoms with Gasteiger partial charge in [0.2, 0.25) is 5.91 Å². The van der Waals surface area contributed by atoms with Crippen LogP contribution >= 0.6 is 23.2 Å². The number of carbonyl (C=O) groups excluding carboxylic acids is 1. The molecule has 6 heteroatoms. The highest BCUT2D eigenvalue weighted by Crippen LogP contribution is 2.34. The number of benzene rings is 2. The second-order valence-electron chi connectivity index (χ2n) is 4.33. The van der Waals surface area contributed by atoms with Crippen molar-refractivity contribution in [1.82, 2.24) is 0 Å². The molecule has 0 aliphatic carbocycles. The van der Waals surface area contributed by atoms with Crippen molar-refractivity contribution in [3.05, 3.63) is 52.0 Å². The van der Waals surface area contributed by atoms with Crippen LogP contribution in [0.15, 0.2) is 36.4 Å². The van der Waals surface area contributed by atoms with E-state index in [1.165, 1.54) is 12.1 Å². The standard InChI is InChI=1S/C15H13Cl2NO3/c1-21-13-5-3-2-4-9(13)6-14(19)18-10-7-11(16)15(20)12(17)8-10/h2-5,7-8,20H,6H2,1H3,(H,18,19). The number of nitrogens with one attached hydrogen (secondary N) is 1. The Labute approximate surface area is 132 Å². The lowest BCUT2D eigenvalue weighted by atomic mass is 10.1. The normalized spacial score (nSPS) is 10.2. The Kier molecular flexibility index (Phi) is 4.94. The number of carbonyl (C=O) groups is 1. The highest BCUT2D eigenvalue weighted by Gasteiger charge is 2.11. The first kappa shape index (κ1) is 15.5. The summed E-state index contributed by atoms with van der Waals surface area (Å²) in [6, 6.07) is 10.1. The van der Waals surface area contributed by atoms with E-state index >= 15 is 0 Å². The van der Waals surface area contributed by atoms with E-state index in [1.54, 1.807) is 13.2 Å². The SMILES string of the molecule is COc1ccccc1CC(=O)Nc1cc(Cl)c(O)c(Cl)c1. The van der Waals surface area contributed by atoms with Gasteiger partial charge < -0.3 is 15.2 Å². The Morgan fingerprint density at radius 3 is 2.48 bits per heavy atom. The molecule has 0 bridgehead atoms. The van der Waals surface area contributed by atoms with Crippen molar-refractivity contribution in [3.8, 4) is 11.5 Å². The van der Waals surface area contributed by atoms with Gasteiger partial charge in [-0.15, -0.1) is 0 Å². The molecular formula is C15H13Cl2NO3. The molecule has 2 rings (SSSR count). The Morgan fingerprint density at radius 2 is 1.86 bits per heavy atom. The van der Waals surface area contributed by atoms with Gasteiger partial charge in [0, 0.05) is 11.3 Å². The van der Waals surface area contributed by atoms with Crippen LogP contribution in [0.4, 0.5) is 5.69 Å². The molecule has 0 fully saturated rings. The van der Waals surface area contributed by atoms with Crippen LogP contribution in [0.1, 0.15) is 5.56 Å². The number of hydrogen-bond donors (Lipinski definition) is 2. The number of para-hydroxylation sites is 1. The van der Waals surface area contributed by atoms with Gasteiger partial charge in [0.05, 0.1) is 23.6 Å². The van der Waals surface area contributed by atoms with Gasteiger partial charge in [-0.3, -0.25) is 4.79 Å². The zero-order valence-electron chi connectivity index (χ0n) is 11.2. The summed E-state index contributed by atoms with van der Waals surface area (Å²) in [5, 5.41) is 12.3. The van der Waals surface area contributed by atoms with Crippen molar-refractivity contribution in [3.63, 3.8) is 0 Å². The first-order chi connectivity index (χ1) is 10.0. The topological polar surface area (TPSA) is 58.6 Å². The van der Waals surface area contributed by atoms with Gasteiger partial charge in [-0.2, -0.15) is 0 Å². The third-order valence-electron chi connectivity index (χ3n) is 2.84. The number of rotatable bonds is 4. The van der Waals surface area contributed by atoms with Gasteiger partial charge in [0.1, 0.15) is 5.75 Å². The molecule has 0 atom stereocenters. The monoisotopic (exact) mass is 325 g/mol. The molecule has 0 heterocycles. The van der Waals surface area contributed by atoms with Gasteiger partial charge in [-0.1, -0.05) is 41.4 Å². The number of hydrogen-bond acceptors (Lipinski definition) is 3. The zero-order valence-corrected chi connectivity index (χ0v) is 12.7. The quantitative estimate of drug-likeness (QED) is 0.838. The summed E-state index contributed by atoms with van der Waals surface area (Å²) in [5.41, 5.74) is 1.19.